The van der Waals surface area contributed by atoms with E-state index in [0.29, 0.717) is 17.1 Å². The number of fused-ring (bicyclic) bond motifs is 1. The molecular formula is C18H17Cl2FN2O2S. The largest absolute Gasteiger partial charge is 0.367 e. The standard InChI is InChI=1S/C18H17Cl2FN2O2S/c19-13-1-4-17-11(7-13)5-6-23(17)10-12-8-16(21)18(9-15(12)20)26(24,25)22-14-2-3-14/h1,4,7-9,14,22H,2-3,5-6,10H2. The SMILES string of the molecule is O=S(=O)(NC1CC1)c1cc(Cl)c(CN2CCc3cc(Cl)ccc32)cc1F. The third-order valence-electron chi connectivity index (χ3n) is 4.68. The molecule has 0 amide bonds. The van der Waals surface area contributed by atoms with E-state index in [1.807, 2.05) is 18.2 Å². The number of benzene rings is 2. The van der Waals surface area contributed by atoms with E-state index in [1.165, 1.54) is 12.1 Å². The van der Waals surface area contributed by atoms with Crippen LogP contribution in [0.3, 0.4) is 0 Å². The molecule has 26 heavy (non-hydrogen) atoms. The summed E-state index contributed by atoms with van der Waals surface area (Å²) in [4.78, 5) is 1.69. The van der Waals surface area contributed by atoms with Gasteiger partial charge in [-0.2, -0.15) is 0 Å². The Morgan fingerprint density at radius 3 is 2.69 bits per heavy atom. The smallest absolute Gasteiger partial charge is 0.243 e. The van der Waals surface area contributed by atoms with Crippen molar-refractivity contribution in [3.8, 4) is 0 Å². The summed E-state index contributed by atoms with van der Waals surface area (Å²) in [5.74, 6) is -0.784. The lowest BCUT2D eigenvalue weighted by molar-refractivity contribution is 0.555. The van der Waals surface area contributed by atoms with Crippen molar-refractivity contribution in [1.29, 1.82) is 0 Å². The van der Waals surface area contributed by atoms with E-state index in [2.05, 4.69) is 9.62 Å². The molecule has 2 aromatic carbocycles. The summed E-state index contributed by atoms with van der Waals surface area (Å²) in [5.41, 5.74) is 2.73. The zero-order valence-electron chi connectivity index (χ0n) is 13.8. The monoisotopic (exact) mass is 414 g/mol. The Labute approximate surface area is 162 Å². The fourth-order valence-corrected chi connectivity index (χ4v) is 5.06. The van der Waals surface area contributed by atoms with Gasteiger partial charge in [0.2, 0.25) is 10.0 Å². The molecule has 0 bridgehead atoms. The number of halogens is 3. The van der Waals surface area contributed by atoms with Crippen LogP contribution in [0.25, 0.3) is 0 Å². The van der Waals surface area contributed by atoms with Crippen LogP contribution in [0.5, 0.6) is 0 Å². The van der Waals surface area contributed by atoms with Crippen molar-refractivity contribution in [1.82, 2.24) is 4.72 Å². The first-order valence-electron chi connectivity index (χ1n) is 8.37. The molecule has 0 saturated heterocycles. The summed E-state index contributed by atoms with van der Waals surface area (Å²) in [6.07, 6.45) is 2.42. The Kier molecular flexibility index (Phi) is 4.63. The second-order valence-electron chi connectivity index (χ2n) is 6.71. The lowest BCUT2D eigenvalue weighted by Crippen LogP contribution is -2.27. The summed E-state index contributed by atoms with van der Waals surface area (Å²) in [7, 11) is -3.89. The first-order chi connectivity index (χ1) is 12.3. The first-order valence-corrected chi connectivity index (χ1v) is 10.6. The van der Waals surface area contributed by atoms with Crippen LogP contribution in [-0.2, 0) is 23.0 Å². The Balaban J connectivity index is 1.60. The molecular weight excluding hydrogens is 398 g/mol. The minimum absolute atomic E-state index is 0.0919. The van der Waals surface area contributed by atoms with E-state index >= 15 is 0 Å². The molecule has 1 heterocycles. The molecule has 1 saturated carbocycles. The summed E-state index contributed by atoms with van der Waals surface area (Å²) >= 11 is 12.3. The molecule has 0 spiro atoms. The van der Waals surface area contributed by atoms with E-state index in [9.17, 15) is 12.8 Å². The summed E-state index contributed by atoms with van der Waals surface area (Å²) in [6.45, 7) is 1.18. The van der Waals surface area contributed by atoms with E-state index < -0.39 is 20.7 Å². The third-order valence-corrected chi connectivity index (χ3v) is 6.81. The lowest BCUT2D eigenvalue weighted by atomic mass is 10.1. The molecule has 1 fully saturated rings. The van der Waals surface area contributed by atoms with Gasteiger partial charge in [0, 0.05) is 34.9 Å². The molecule has 8 heteroatoms. The number of anilines is 1. The van der Waals surface area contributed by atoms with Crippen molar-refractivity contribution in [2.45, 2.75) is 36.7 Å². The van der Waals surface area contributed by atoms with E-state index in [0.717, 1.165) is 37.1 Å². The lowest BCUT2D eigenvalue weighted by Gasteiger charge is -2.21. The van der Waals surface area contributed by atoms with Gasteiger partial charge in [0.05, 0.1) is 0 Å². The van der Waals surface area contributed by atoms with Crippen molar-refractivity contribution in [3.05, 3.63) is 57.3 Å². The number of sulfonamides is 1. The molecule has 1 aliphatic heterocycles. The molecule has 138 valence electrons. The second-order valence-corrected chi connectivity index (χ2v) is 9.24. The molecule has 2 aliphatic rings. The van der Waals surface area contributed by atoms with Gasteiger partial charge in [0.15, 0.2) is 0 Å². The molecule has 0 unspecified atom stereocenters. The average Bonchev–Trinajstić information content (AvgIpc) is 3.29. The van der Waals surface area contributed by atoms with Gasteiger partial charge in [0.1, 0.15) is 10.7 Å². The maximum Gasteiger partial charge on any atom is 0.243 e. The quantitative estimate of drug-likeness (QED) is 0.799. The van der Waals surface area contributed by atoms with Crippen molar-refractivity contribution in [2.75, 3.05) is 11.4 Å². The van der Waals surface area contributed by atoms with Gasteiger partial charge in [-0.1, -0.05) is 23.2 Å². The van der Waals surface area contributed by atoms with Gasteiger partial charge < -0.3 is 4.90 Å². The number of nitrogens with zero attached hydrogens (tertiary/aromatic N) is 1. The molecule has 0 radical (unpaired) electrons. The van der Waals surface area contributed by atoms with Crippen LogP contribution in [0, 0.1) is 5.82 Å². The predicted octanol–water partition coefficient (Wildman–Crippen LogP) is 4.14. The average molecular weight is 415 g/mol. The topological polar surface area (TPSA) is 49.4 Å². The highest BCUT2D eigenvalue weighted by Crippen LogP contribution is 2.34. The van der Waals surface area contributed by atoms with Crippen molar-refractivity contribution in [3.63, 3.8) is 0 Å². The highest BCUT2D eigenvalue weighted by molar-refractivity contribution is 7.89. The normalized spacial score (nSPS) is 16.8. The summed E-state index contributed by atoms with van der Waals surface area (Å²) < 4.78 is 41.5. The van der Waals surface area contributed by atoms with Crippen LogP contribution in [0.2, 0.25) is 10.0 Å². The maximum absolute atomic E-state index is 14.5. The Bertz CT molecular complexity index is 977. The van der Waals surface area contributed by atoms with Crippen LogP contribution in [0.1, 0.15) is 24.0 Å². The van der Waals surface area contributed by atoms with E-state index in [1.54, 1.807) is 0 Å². The second kappa shape index (κ2) is 6.68. The first kappa shape index (κ1) is 18.0. The number of hydrogen-bond donors (Lipinski definition) is 1. The highest BCUT2D eigenvalue weighted by atomic mass is 35.5. The minimum Gasteiger partial charge on any atom is -0.367 e. The van der Waals surface area contributed by atoms with E-state index in [-0.39, 0.29) is 11.1 Å². The predicted molar refractivity (Wildman–Crippen MR) is 101 cm³/mol. The molecule has 0 atom stereocenters. The molecule has 2 aromatic rings. The fraction of sp³-hybridized carbons (Fsp3) is 0.333. The van der Waals surface area contributed by atoms with Crippen LogP contribution >= 0.6 is 23.2 Å². The van der Waals surface area contributed by atoms with Gasteiger partial charge in [0.25, 0.3) is 0 Å². The summed E-state index contributed by atoms with van der Waals surface area (Å²) in [6, 6.07) is 8.02. The van der Waals surface area contributed by atoms with Crippen LogP contribution in [0.15, 0.2) is 35.2 Å². The summed E-state index contributed by atoms with van der Waals surface area (Å²) in [5, 5.41) is 0.928. The van der Waals surface area contributed by atoms with Gasteiger partial charge >= 0.3 is 0 Å². The fourth-order valence-electron chi connectivity index (χ4n) is 3.19. The zero-order chi connectivity index (χ0) is 18.5. The van der Waals surface area contributed by atoms with Crippen molar-refractivity contribution >= 4 is 38.9 Å². The van der Waals surface area contributed by atoms with Crippen LogP contribution in [0.4, 0.5) is 10.1 Å². The van der Waals surface area contributed by atoms with Crippen LogP contribution in [-0.4, -0.2) is 21.0 Å². The number of nitrogens with one attached hydrogen (secondary N) is 1. The Hall–Kier alpha value is -1.34. The van der Waals surface area contributed by atoms with Crippen molar-refractivity contribution in [2.24, 2.45) is 0 Å². The molecule has 1 aliphatic carbocycles. The molecule has 4 rings (SSSR count). The van der Waals surface area contributed by atoms with E-state index in [4.69, 9.17) is 23.2 Å². The minimum atomic E-state index is -3.89. The van der Waals surface area contributed by atoms with Gasteiger partial charge in [-0.05, 0) is 60.7 Å². The Morgan fingerprint density at radius 2 is 1.96 bits per heavy atom. The molecule has 0 aromatic heterocycles. The third kappa shape index (κ3) is 3.56. The molecule has 4 nitrogen and oxygen atoms in total. The number of rotatable bonds is 5. The van der Waals surface area contributed by atoms with Gasteiger partial charge in [-0.25, -0.2) is 17.5 Å². The maximum atomic E-state index is 14.5. The van der Waals surface area contributed by atoms with Crippen LogP contribution < -0.4 is 9.62 Å². The highest BCUT2D eigenvalue weighted by Gasteiger charge is 2.30. The zero-order valence-corrected chi connectivity index (χ0v) is 16.1. The molecule has 1 N–H and O–H groups in total. The number of hydrogen-bond acceptors (Lipinski definition) is 3. The van der Waals surface area contributed by atoms with Gasteiger partial charge in [-0.15, -0.1) is 0 Å². The van der Waals surface area contributed by atoms with Crippen molar-refractivity contribution < 1.29 is 12.8 Å². The van der Waals surface area contributed by atoms with Gasteiger partial charge in [-0.3, -0.25) is 0 Å². The Morgan fingerprint density at radius 1 is 1.19 bits per heavy atom.